The Labute approximate surface area is 189 Å². The van der Waals surface area contributed by atoms with Crippen LogP contribution in [0.15, 0.2) is 48.5 Å². The molecule has 3 rings (SSSR count). The van der Waals surface area contributed by atoms with E-state index in [9.17, 15) is 10.2 Å². The number of phenolic OH excluding ortho intramolecular Hbond substituents is 2. The first-order valence-corrected chi connectivity index (χ1v) is 12.7. The summed E-state index contributed by atoms with van der Waals surface area (Å²) < 4.78 is 0. The Kier molecular flexibility index (Phi) is 9.31. The predicted molar refractivity (Wildman–Crippen MR) is 131 cm³/mol. The van der Waals surface area contributed by atoms with Crippen molar-refractivity contribution < 1.29 is 10.2 Å². The molecule has 0 aliphatic heterocycles. The van der Waals surface area contributed by atoms with Crippen LogP contribution in [0, 0.1) is 5.92 Å². The lowest BCUT2D eigenvalue weighted by Crippen LogP contribution is -2.34. The fraction of sp³-hybridized carbons (Fsp3) is 0.586. The second-order valence-electron chi connectivity index (χ2n) is 9.76. The minimum atomic E-state index is -0.0103. The molecule has 170 valence electrons. The van der Waals surface area contributed by atoms with Crippen molar-refractivity contribution in [2.75, 3.05) is 0 Å². The highest BCUT2D eigenvalue weighted by atomic mass is 16.3. The monoisotopic (exact) mass is 422 g/mol. The SMILES string of the molecule is CCCCCCCCCCCC1CCCC(c2ccc(O)cc2)(c2ccc(O)cc2)C1. The molecule has 1 fully saturated rings. The molecule has 1 saturated carbocycles. The second kappa shape index (κ2) is 12.2. The van der Waals surface area contributed by atoms with Gasteiger partial charge in [-0.25, -0.2) is 0 Å². The van der Waals surface area contributed by atoms with Crippen LogP contribution in [0.1, 0.15) is 108 Å². The first-order valence-electron chi connectivity index (χ1n) is 12.7. The standard InChI is InChI=1S/C29H42O2/c1-2-3-4-5-6-7-8-9-10-12-24-13-11-22-29(23-24,25-14-18-27(30)19-15-25)26-16-20-28(31)21-17-26/h14-21,24,30-31H,2-13,22-23H2,1H3. The molecule has 0 heterocycles. The van der Waals surface area contributed by atoms with Crippen LogP contribution in [0.3, 0.4) is 0 Å². The zero-order valence-corrected chi connectivity index (χ0v) is 19.5. The van der Waals surface area contributed by atoms with E-state index in [1.54, 1.807) is 0 Å². The van der Waals surface area contributed by atoms with Crippen LogP contribution < -0.4 is 0 Å². The van der Waals surface area contributed by atoms with Gasteiger partial charge in [-0.1, -0.05) is 108 Å². The lowest BCUT2D eigenvalue weighted by molar-refractivity contribution is 0.240. The minimum Gasteiger partial charge on any atom is -0.508 e. The Bertz CT molecular complexity index is 702. The van der Waals surface area contributed by atoms with Crippen molar-refractivity contribution >= 4 is 0 Å². The van der Waals surface area contributed by atoms with Crippen molar-refractivity contribution in [1.82, 2.24) is 0 Å². The Morgan fingerprint density at radius 1 is 0.710 bits per heavy atom. The van der Waals surface area contributed by atoms with Gasteiger partial charge in [0.25, 0.3) is 0 Å². The molecule has 31 heavy (non-hydrogen) atoms. The highest BCUT2D eigenvalue weighted by Crippen LogP contribution is 2.48. The van der Waals surface area contributed by atoms with Crippen LogP contribution >= 0.6 is 0 Å². The van der Waals surface area contributed by atoms with E-state index in [4.69, 9.17) is 0 Å². The van der Waals surface area contributed by atoms with Gasteiger partial charge in [-0.15, -0.1) is 0 Å². The zero-order chi connectivity index (χ0) is 21.9. The quantitative estimate of drug-likeness (QED) is 0.337. The number of aromatic hydroxyl groups is 2. The number of hydrogen-bond acceptors (Lipinski definition) is 2. The van der Waals surface area contributed by atoms with Gasteiger partial charge in [0.15, 0.2) is 0 Å². The third-order valence-electron chi connectivity index (χ3n) is 7.41. The molecule has 2 aromatic carbocycles. The van der Waals surface area contributed by atoms with Crippen LogP contribution in [-0.4, -0.2) is 10.2 Å². The van der Waals surface area contributed by atoms with Gasteiger partial charge in [-0.3, -0.25) is 0 Å². The summed E-state index contributed by atoms with van der Waals surface area (Å²) >= 11 is 0. The summed E-state index contributed by atoms with van der Waals surface area (Å²) in [5, 5.41) is 19.6. The predicted octanol–water partition coefficient (Wildman–Crippen LogP) is 8.50. The molecule has 0 radical (unpaired) electrons. The smallest absolute Gasteiger partial charge is 0.115 e. The number of benzene rings is 2. The van der Waals surface area contributed by atoms with Crippen LogP contribution in [0.2, 0.25) is 0 Å². The number of unbranched alkanes of at least 4 members (excludes halogenated alkanes) is 8. The molecule has 0 amide bonds. The molecule has 0 saturated heterocycles. The lowest BCUT2D eigenvalue weighted by atomic mass is 9.61. The summed E-state index contributed by atoms with van der Waals surface area (Å²) in [6, 6.07) is 15.7. The molecule has 1 unspecified atom stereocenters. The van der Waals surface area contributed by atoms with Gasteiger partial charge in [0.1, 0.15) is 11.5 Å². The largest absolute Gasteiger partial charge is 0.508 e. The topological polar surface area (TPSA) is 40.5 Å². The van der Waals surface area contributed by atoms with Crippen LogP contribution in [-0.2, 0) is 5.41 Å². The molecule has 1 aliphatic carbocycles. The van der Waals surface area contributed by atoms with Crippen molar-refractivity contribution in [2.24, 2.45) is 5.92 Å². The first-order chi connectivity index (χ1) is 15.1. The molecular weight excluding hydrogens is 380 g/mol. The molecular formula is C29H42O2. The molecule has 0 spiro atoms. The summed E-state index contributed by atoms with van der Waals surface area (Å²) in [5.41, 5.74) is 2.59. The molecule has 1 atom stereocenters. The molecule has 2 nitrogen and oxygen atoms in total. The second-order valence-corrected chi connectivity index (χ2v) is 9.76. The third kappa shape index (κ3) is 6.76. The van der Waals surface area contributed by atoms with Crippen molar-refractivity contribution in [1.29, 1.82) is 0 Å². The number of phenols is 2. The van der Waals surface area contributed by atoms with E-state index < -0.39 is 0 Å². The van der Waals surface area contributed by atoms with E-state index in [-0.39, 0.29) is 5.41 Å². The Hall–Kier alpha value is -1.96. The van der Waals surface area contributed by atoms with E-state index in [0.29, 0.717) is 11.5 Å². The average molecular weight is 423 g/mol. The highest BCUT2D eigenvalue weighted by Gasteiger charge is 2.39. The van der Waals surface area contributed by atoms with Gasteiger partial charge in [0.2, 0.25) is 0 Å². The third-order valence-corrected chi connectivity index (χ3v) is 7.41. The van der Waals surface area contributed by atoms with Crippen molar-refractivity contribution in [3.05, 3.63) is 59.7 Å². The zero-order valence-electron chi connectivity index (χ0n) is 19.5. The summed E-state index contributed by atoms with van der Waals surface area (Å²) in [5.74, 6) is 1.40. The summed E-state index contributed by atoms with van der Waals surface area (Å²) in [7, 11) is 0. The minimum absolute atomic E-state index is 0.0103. The maximum Gasteiger partial charge on any atom is 0.115 e. The molecule has 1 aliphatic rings. The van der Waals surface area contributed by atoms with E-state index in [1.165, 1.54) is 94.6 Å². The molecule has 2 heteroatoms. The maximum absolute atomic E-state index is 9.81. The number of rotatable bonds is 12. The average Bonchev–Trinajstić information content (AvgIpc) is 2.79. The van der Waals surface area contributed by atoms with Crippen molar-refractivity contribution in [2.45, 2.75) is 102 Å². The van der Waals surface area contributed by atoms with Gasteiger partial charge < -0.3 is 10.2 Å². The molecule has 0 bridgehead atoms. The number of hydrogen-bond donors (Lipinski definition) is 2. The van der Waals surface area contributed by atoms with Gasteiger partial charge in [0, 0.05) is 5.41 Å². The van der Waals surface area contributed by atoms with Gasteiger partial charge in [-0.2, -0.15) is 0 Å². The molecule has 0 aromatic heterocycles. The van der Waals surface area contributed by atoms with Crippen molar-refractivity contribution in [3.63, 3.8) is 0 Å². The van der Waals surface area contributed by atoms with E-state index in [2.05, 4.69) is 31.2 Å². The van der Waals surface area contributed by atoms with Crippen LogP contribution in [0.5, 0.6) is 11.5 Å². The van der Waals surface area contributed by atoms with E-state index >= 15 is 0 Å². The van der Waals surface area contributed by atoms with Crippen LogP contribution in [0.25, 0.3) is 0 Å². The van der Waals surface area contributed by atoms with Gasteiger partial charge in [0.05, 0.1) is 0 Å². The Morgan fingerprint density at radius 2 is 1.19 bits per heavy atom. The Balaban J connectivity index is 1.58. The normalized spacial score (nSPS) is 18.2. The van der Waals surface area contributed by atoms with Crippen LogP contribution in [0.4, 0.5) is 0 Å². The Morgan fingerprint density at radius 3 is 1.71 bits per heavy atom. The van der Waals surface area contributed by atoms with Gasteiger partial charge in [-0.05, 0) is 54.2 Å². The van der Waals surface area contributed by atoms with Gasteiger partial charge >= 0.3 is 0 Å². The summed E-state index contributed by atoms with van der Waals surface area (Å²) in [4.78, 5) is 0. The van der Waals surface area contributed by atoms with E-state index in [1.807, 2.05) is 24.3 Å². The van der Waals surface area contributed by atoms with E-state index in [0.717, 1.165) is 12.3 Å². The fourth-order valence-corrected chi connectivity index (χ4v) is 5.63. The lowest BCUT2D eigenvalue weighted by Gasteiger charge is -2.42. The highest BCUT2D eigenvalue weighted by molar-refractivity contribution is 5.43. The fourth-order valence-electron chi connectivity index (χ4n) is 5.63. The molecule has 2 aromatic rings. The summed E-state index contributed by atoms with van der Waals surface area (Å²) in [6.07, 6.45) is 18.7. The van der Waals surface area contributed by atoms with Crippen molar-refractivity contribution in [3.8, 4) is 11.5 Å². The summed E-state index contributed by atoms with van der Waals surface area (Å²) in [6.45, 7) is 2.28. The first kappa shape index (κ1) is 23.7. The maximum atomic E-state index is 9.81. The molecule has 2 N–H and O–H groups in total.